The molecule has 0 aromatic heterocycles. The molecule has 0 fully saturated rings. The lowest BCUT2D eigenvalue weighted by atomic mass is 9.78. The summed E-state index contributed by atoms with van der Waals surface area (Å²) in [7, 11) is 1.63. The van der Waals surface area contributed by atoms with Crippen molar-refractivity contribution in [2.45, 2.75) is 12.8 Å². The molecule has 2 aromatic rings. The molecule has 3 nitrogen and oxygen atoms in total. The van der Waals surface area contributed by atoms with Crippen LogP contribution in [0.1, 0.15) is 11.1 Å². The fourth-order valence-electron chi connectivity index (χ4n) is 2.58. The molecule has 0 aliphatic heterocycles. The first-order valence-corrected chi connectivity index (χ1v) is 7.10. The molecule has 0 aliphatic carbocycles. The Labute approximate surface area is 125 Å². The van der Waals surface area contributed by atoms with Crippen molar-refractivity contribution < 1.29 is 14.9 Å². The van der Waals surface area contributed by atoms with Crippen molar-refractivity contribution in [1.82, 2.24) is 0 Å². The summed E-state index contributed by atoms with van der Waals surface area (Å²) in [5, 5.41) is 19.7. The smallest absolute Gasteiger partial charge is 0.119 e. The molecule has 0 radical (unpaired) electrons. The summed E-state index contributed by atoms with van der Waals surface area (Å²) in [5.41, 5.74) is 1.60. The third-order valence-corrected chi connectivity index (χ3v) is 3.81. The van der Waals surface area contributed by atoms with Crippen LogP contribution in [0.25, 0.3) is 0 Å². The molecule has 3 heteroatoms. The van der Waals surface area contributed by atoms with Gasteiger partial charge in [0.25, 0.3) is 0 Å². The van der Waals surface area contributed by atoms with E-state index in [1.165, 1.54) is 0 Å². The zero-order valence-electron chi connectivity index (χ0n) is 12.3. The van der Waals surface area contributed by atoms with E-state index in [1.54, 1.807) is 7.11 Å². The molecule has 0 bridgehead atoms. The average molecular weight is 286 g/mol. The lowest BCUT2D eigenvalue weighted by Gasteiger charge is -2.30. The number of aliphatic hydroxyl groups excluding tert-OH is 2. The minimum Gasteiger partial charge on any atom is -0.497 e. The molecule has 112 valence electrons. The van der Waals surface area contributed by atoms with Crippen molar-refractivity contribution in [1.29, 1.82) is 0 Å². The molecule has 0 saturated heterocycles. The predicted octanol–water partition coefficient (Wildman–Crippen LogP) is 2.45. The molecule has 2 aromatic carbocycles. The maximum Gasteiger partial charge on any atom is 0.119 e. The number of rotatable bonds is 7. The van der Waals surface area contributed by atoms with Gasteiger partial charge in [-0.3, -0.25) is 0 Å². The lowest BCUT2D eigenvalue weighted by molar-refractivity contribution is 0.0547. The first-order valence-electron chi connectivity index (χ1n) is 7.10. The van der Waals surface area contributed by atoms with E-state index in [1.807, 2.05) is 54.6 Å². The number of aliphatic hydroxyl groups is 2. The number of hydrogen-bond acceptors (Lipinski definition) is 3. The van der Waals surface area contributed by atoms with E-state index < -0.39 is 5.41 Å². The Bertz CT molecular complexity index is 547. The molecule has 0 heterocycles. The van der Waals surface area contributed by atoms with E-state index in [4.69, 9.17) is 4.74 Å². The monoisotopic (exact) mass is 286 g/mol. The molecule has 0 unspecified atom stereocenters. The van der Waals surface area contributed by atoms with E-state index in [0.717, 1.165) is 16.9 Å². The van der Waals surface area contributed by atoms with Gasteiger partial charge in [-0.2, -0.15) is 0 Å². The van der Waals surface area contributed by atoms with Crippen LogP contribution in [0.15, 0.2) is 54.6 Å². The molecule has 0 aliphatic rings. The van der Waals surface area contributed by atoms with Gasteiger partial charge in [-0.25, -0.2) is 0 Å². The SMILES string of the molecule is COc1cccc(CC(CO)(CO)Cc2ccccc2)c1. The zero-order valence-corrected chi connectivity index (χ0v) is 12.3. The van der Waals surface area contributed by atoms with Gasteiger partial charge in [-0.1, -0.05) is 42.5 Å². The molecule has 0 spiro atoms. The van der Waals surface area contributed by atoms with Gasteiger partial charge < -0.3 is 14.9 Å². The Morgan fingerprint density at radius 3 is 2.10 bits per heavy atom. The fourth-order valence-corrected chi connectivity index (χ4v) is 2.58. The summed E-state index contributed by atoms with van der Waals surface area (Å²) in [6.45, 7) is -0.120. The van der Waals surface area contributed by atoms with Gasteiger partial charge in [0.15, 0.2) is 0 Å². The van der Waals surface area contributed by atoms with E-state index in [9.17, 15) is 10.2 Å². The van der Waals surface area contributed by atoms with E-state index in [-0.39, 0.29) is 13.2 Å². The lowest BCUT2D eigenvalue weighted by Crippen LogP contribution is -2.34. The third kappa shape index (κ3) is 4.06. The molecule has 0 atom stereocenters. The number of methoxy groups -OCH3 is 1. The second kappa shape index (κ2) is 7.25. The minimum atomic E-state index is -0.562. The van der Waals surface area contributed by atoms with Crippen LogP contribution in [0.2, 0.25) is 0 Å². The molecular weight excluding hydrogens is 264 g/mol. The Balaban J connectivity index is 2.21. The Morgan fingerprint density at radius 2 is 1.48 bits per heavy atom. The Hall–Kier alpha value is -1.84. The maximum absolute atomic E-state index is 9.83. The normalized spacial score (nSPS) is 11.4. The molecule has 0 saturated carbocycles. The van der Waals surface area contributed by atoms with Crippen LogP contribution in [-0.2, 0) is 12.8 Å². The zero-order chi connectivity index (χ0) is 15.1. The van der Waals surface area contributed by atoms with Crippen LogP contribution in [-0.4, -0.2) is 30.5 Å². The first-order chi connectivity index (χ1) is 10.2. The number of ether oxygens (including phenoxy) is 1. The molecule has 2 rings (SSSR count). The van der Waals surface area contributed by atoms with E-state index >= 15 is 0 Å². The van der Waals surface area contributed by atoms with Gasteiger partial charge in [0, 0.05) is 5.41 Å². The largest absolute Gasteiger partial charge is 0.497 e. The van der Waals surface area contributed by atoms with Crippen molar-refractivity contribution in [3.05, 3.63) is 65.7 Å². The summed E-state index contributed by atoms with van der Waals surface area (Å²) >= 11 is 0. The van der Waals surface area contributed by atoms with Crippen molar-refractivity contribution in [2.75, 3.05) is 20.3 Å². The number of benzene rings is 2. The van der Waals surface area contributed by atoms with Gasteiger partial charge in [0.1, 0.15) is 5.75 Å². The Morgan fingerprint density at radius 1 is 0.857 bits per heavy atom. The summed E-state index contributed by atoms with van der Waals surface area (Å²) in [4.78, 5) is 0. The molecule has 0 amide bonds. The maximum atomic E-state index is 9.83. The number of hydrogen-bond donors (Lipinski definition) is 2. The summed E-state index contributed by atoms with van der Waals surface area (Å²) in [6, 6.07) is 17.7. The summed E-state index contributed by atoms with van der Waals surface area (Å²) in [5.74, 6) is 0.789. The van der Waals surface area contributed by atoms with Gasteiger partial charge >= 0.3 is 0 Å². The highest BCUT2D eigenvalue weighted by Crippen LogP contribution is 2.28. The first kappa shape index (κ1) is 15.5. The fraction of sp³-hybridized carbons (Fsp3) is 0.333. The second-order valence-corrected chi connectivity index (χ2v) is 5.51. The average Bonchev–Trinajstić information content (AvgIpc) is 2.55. The highest BCUT2D eigenvalue weighted by atomic mass is 16.5. The molecule has 2 N–H and O–H groups in total. The van der Waals surface area contributed by atoms with Crippen LogP contribution in [0.5, 0.6) is 5.75 Å². The highest BCUT2D eigenvalue weighted by Gasteiger charge is 2.29. The van der Waals surface area contributed by atoms with Crippen molar-refractivity contribution >= 4 is 0 Å². The van der Waals surface area contributed by atoms with Crippen LogP contribution >= 0.6 is 0 Å². The van der Waals surface area contributed by atoms with Gasteiger partial charge in [0.05, 0.1) is 20.3 Å². The molecular formula is C18H22O3. The van der Waals surface area contributed by atoms with Crippen LogP contribution < -0.4 is 4.74 Å². The van der Waals surface area contributed by atoms with Crippen molar-refractivity contribution in [3.63, 3.8) is 0 Å². The third-order valence-electron chi connectivity index (χ3n) is 3.81. The second-order valence-electron chi connectivity index (χ2n) is 5.51. The summed E-state index contributed by atoms with van der Waals surface area (Å²) in [6.07, 6.45) is 1.24. The van der Waals surface area contributed by atoms with Gasteiger partial charge in [-0.05, 0) is 36.1 Å². The van der Waals surface area contributed by atoms with Gasteiger partial charge in [0.2, 0.25) is 0 Å². The van der Waals surface area contributed by atoms with Crippen molar-refractivity contribution in [3.8, 4) is 5.75 Å². The highest BCUT2D eigenvalue weighted by molar-refractivity contribution is 5.30. The predicted molar refractivity (Wildman–Crippen MR) is 83.4 cm³/mol. The standard InChI is InChI=1S/C18H22O3/c1-21-17-9-5-8-16(10-17)12-18(13-19,14-20)11-15-6-3-2-4-7-15/h2-10,19-20H,11-14H2,1H3. The van der Waals surface area contributed by atoms with Crippen LogP contribution in [0.4, 0.5) is 0 Å². The van der Waals surface area contributed by atoms with E-state index in [2.05, 4.69) is 0 Å². The quantitative estimate of drug-likeness (QED) is 0.822. The van der Waals surface area contributed by atoms with Crippen LogP contribution in [0, 0.1) is 5.41 Å². The van der Waals surface area contributed by atoms with Crippen molar-refractivity contribution in [2.24, 2.45) is 5.41 Å². The topological polar surface area (TPSA) is 49.7 Å². The van der Waals surface area contributed by atoms with E-state index in [0.29, 0.717) is 12.8 Å². The van der Waals surface area contributed by atoms with Gasteiger partial charge in [-0.15, -0.1) is 0 Å². The molecule has 21 heavy (non-hydrogen) atoms. The summed E-state index contributed by atoms with van der Waals surface area (Å²) < 4.78 is 5.23. The van der Waals surface area contributed by atoms with Crippen LogP contribution in [0.3, 0.4) is 0 Å². The Kier molecular flexibility index (Phi) is 5.37. The minimum absolute atomic E-state index is 0.0599.